The Bertz CT molecular complexity index is 949. The second-order valence-electron chi connectivity index (χ2n) is 5.20. The summed E-state index contributed by atoms with van der Waals surface area (Å²) in [6.07, 6.45) is 1.31. The van der Waals surface area contributed by atoms with E-state index in [1.807, 2.05) is 0 Å². The van der Waals surface area contributed by atoms with Crippen LogP contribution in [0, 0.1) is 11.6 Å². The van der Waals surface area contributed by atoms with Gasteiger partial charge in [-0.3, -0.25) is 4.79 Å². The molecule has 0 saturated carbocycles. The second kappa shape index (κ2) is 8.52. The third-order valence-corrected chi connectivity index (χ3v) is 5.56. The number of sulfonamides is 1. The molecule has 0 atom stereocenters. The third-order valence-electron chi connectivity index (χ3n) is 3.35. The van der Waals surface area contributed by atoms with Gasteiger partial charge in [0.15, 0.2) is 0 Å². The van der Waals surface area contributed by atoms with Crippen molar-refractivity contribution in [3.8, 4) is 0 Å². The van der Waals surface area contributed by atoms with Gasteiger partial charge in [-0.15, -0.1) is 6.58 Å². The molecule has 2 aromatic rings. The van der Waals surface area contributed by atoms with Crippen LogP contribution in [0.25, 0.3) is 0 Å². The normalized spacial score (nSPS) is 11.2. The summed E-state index contributed by atoms with van der Waals surface area (Å²) in [4.78, 5) is 11.6. The van der Waals surface area contributed by atoms with Crippen LogP contribution in [-0.2, 0) is 16.6 Å². The lowest BCUT2D eigenvalue weighted by Crippen LogP contribution is -2.26. The van der Waals surface area contributed by atoms with E-state index in [2.05, 4.69) is 32.5 Å². The van der Waals surface area contributed by atoms with Crippen LogP contribution in [0.5, 0.6) is 0 Å². The molecule has 2 N–H and O–H groups in total. The van der Waals surface area contributed by atoms with Gasteiger partial charge in [0.05, 0.1) is 0 Å². The van der Waals surface area contributed by atoms with Gasteiger partial charge in [0.1, 0.15) is 16.5 Å². The molecule has 138 valence electrons. The molecule has 5 nitrogen and oxygen atoms in total. The first-order chi connectivity index (χ1) is 12.2. The highest BCUT2D eigenvalue weighted by molar-refractivity contribution is 9.10. The molecule has 0 heterocycles. The van der Waals surface area contributed by atoms with Crippen molar-refractivity contribution in [2.24, 2.45) is 0 Å². The fourth-order valence-corrected chi connectivity index (χ4v) is 3.54. The van der Waals surface area contributed by atoms with Gasteiger partial charge in [0.25, 0.3) is 5.91 Å². The Morgan fingerprint density at radius 1 is 1.19 bits per heavy atom. The molecule has 1 amide bonds. The van der Waals surface area contributed by atoms with Crippen molar-refractivity contribution in [1.29, 1.82) is 0 Å². The number of halogens is 3. The van der Waals surface area contributed by atoms with Crippen molar-refractivity contribution in [2.45, 2.75) is 11.4 Å². The lowest BCUT2D eigenvalue weighted by Gasteiger charge is -2.10. The monoisotopic (exact) mass is 444 g/mol. The molecular weight excluding hydrogens is 430 g/mol. The summed E-state index contributed by atoms with van der Waals surface area (Å²) in [5.41, 5.74) is 0.457. The predicted octanol–water partition coefficient (Wildman–Crippen LogP) is 3.12. The summed E-state index contributed by atoms with van der Waals surface area (Å²) >= 11 is 3.24. The van der Waals surface area contributed by atoms with Gasteiger partial charge in [0.2, 0.25) is 10.0 Å². The van der Waals surface area contributed by atoms with Crippen LogP contribution in [0.2, 0.25) is 0 Å². The SMILES string of the molecule is C=CCNS(=O)(=O)c1cc(C(=O)NCc2cc(F)ccc2Br)ccc1F. The van der Waals surface area contributed by atoms with Gasteiger partial charge in [-0.1, -0.05) is 22.0 Å². The summed E-state index contributed by atoms with van der Waals surface area (Å²) in [5, 5.41) is 2.54. The minimum atomic E-state index is -4.12. The van der Waals surface area contributed by atoms with Gasteiger partial charge in [-0.2, -0.15) is 0 Å². The van der Waals surface area contributed by atoms with Crippen LogP contribution in [-0.4, -0.2) is 20.9 Å². The van der Waals surface area contributed by atoms with E-state index < -0.39 is 32.5 Å². The number of benzene rings is 2. The van der Waals surface area contributed by atoms with Crippen molar-refractivity contribution in [3.05, 3.63) is 76.3 Å². The van der Waals surface area contributed by atoms with Crippen molar-refractivity contribution in [2.75, 3.05) is 6.54 Å². The molecule has 0 radical (unpaired) electrons. The highest BCUT2D eigenvalue weighted by atomic mass is 79.9. The zero-order valence-electron chi connectivity index (χ0n) is 13.4. The summed E-state index contributed by atoms with van der Waals surface area (Å²) in [6, 6.07) is 7.03. The molecule has 0 saturated heterocycles. The van der Waals surface area contributed by atoms with Crippen molar-refractivity contribution >= 4 is 31.9 Å². The molecule has 0 spiro atoms. The van der Waals surface area contributed by atoms with Crippen molar-refractivity contribution in [1.82, 2.24) is 10.0 Å². The molecule has 0 bridgehead atoms. The first-order valence-electron chi connectivity index (χ1n) is 7.37. The lowest BCUT2D eigenvalue weighted by atomic mass is 10.2. The number of nitrogens with one attached hydrogen (secondary N) is 2. The van der Waals surface area contributed by atoms with Crippen LogP contribution < -0.4 is 10.0 Å². The van der Waals surface area contributed by atoms with Crippen LogP contribution in [0.4, 0.5) is 8.78 Å². The summed E-state index contributed by atoms with van der Waals surface area (Å²) in [6.45, 7) is 3.30. The zero-order valence-corrected chi connectivity index (χ0v) is 15.8. The maximum atomic E-state index is 13.9. The average molecular weight is 445 g/mol. The van der Waals surface area contributed by atoms with Crippen LogP contribution in [0.1, 0.15) is 15.9 Å². The van der Waals surface area contributed by atoms with Crippen LogP contribution in [0.15, 0.2) is 58.4 Å². The lowest BCUT2D eigenvalue weighted by molar-refractivity contribution is 0.0950. The predicted molar refractivity (Wildman–Crippen MR) is 97.1 cm³/mol. The molecule has 0 aliphatic heterocycles. The van der Waals surface area contributed by atoms with E-state index in [0.717, 1.165) is 18.2 Å². The Hall–Kier alpha value is -2.10. The number of amides is 1. The van der Waals surface area contributed by atoms with Crippen LogP contribution in [0.3, 0.4) is 0 Å². The minimum Gasteiger partial charge on any atom is -0.348 e. The summed E-state index contributed by atoms with van der Waals surface area (Å²) in [5.74, 6) is -2.06. The Morgan fingerprint density at radius 3 is 2.62 bits per heavy atom. The molecule has 2 aromatic carbocycles. The largest absolute Gasteiger partial charge is 0.348 e. The number of carbonyl (C=O) groups excluding carboxylic acids is 1. The first-order valence-corrected chi connectivity index (χ1v) is 9.64. The molecule has 0 unspecified atom stereocenters. The summed E-state index contributed by atoms with van der Waals surface area (Å²) in [7, 11) is -4.12. The highest BCUT2D eigenvalue weighted by Gasteiger charge is 2.20. The topological polar surface area (TPSA) is 75.3 Å². The summed E-state index contributed by atoms with van der Waals surface area (Å²) < 4.78 is 54.0. The Labute approximate surface area is 158 Å². The number of hydrogen-bond donors (Lipinski definition) is 2. The molecular formula is C17H15BrF2N2O3S. The maximum Gasteiger partial charge on any atom is 0.251 e. The third kappa shape index (κ3) is 4.96. The fraction of sp³-hybridized carbons (Fsp3) is 0.118. The Balaban J connectivity index is 2.20. The van der Waals surface area contributed by atoms with E-state index in [0.29, 0.717) is 10.0 Å². The van der Waals surface area contributed by atoms with E-state index in [9.17, 15) is 22.0 Å². The smallest absolute Gasteiger partial charge is 0.251 e. The molecule has 0 fully saturated rings. The number of hydrogen-bond acceptors (Lipinski definition) is 3. The van der Waals surface area contributed by atoms with E-state index in [1.54, 1.807) is 0 Å². The quantitative estimate of drug-likeness (QED) is 0.644. The van der Waals surface area contributed by atoms with E-state index in [4.69, 9.17) is 0 Å². The van der Waals surface area contributed by atoms with Crippen molar-refractivity contribution in [3.63, 3.8) is 0 Å². The van der Waals surface area contributed by atoms with Gasteiger partial charge < -0.3 is 5.32 Å². The zero-order chi connectivity index (χ0) is 19.3. The Morgan fingerprint density at radius 2 is 1.92 bits per heavy atom. The minimum absolute atomic E-state index is 0.00531. The number of rotatable bonds is 7. The molecule has 0 aliphatic rings. The van der Waals surface area contributed by atoms with Gasteiger partial charge in [-0.25, -0.2) is 21.9 Å². The number of carbonyl (C=O) groups is 1. The van der Waals surface area contributed by atoms with Crippen molar-refractivity contribution < 1.29 is 22.0 Å². The molecule has 26 heavy (non-hydrogen) atoms. The second-order valence-corrected chi connectivity index (χ2v) is 7.79. The van der Waals surface area contributed by atoms with E-state index >= 15 is 0 Å². The standard InChI is InChI=1S/C17H15BrF2N2O3S/c1-2-7-22-26(24,25)16-9-11(3-6-15(16)20)17(23)21-10-12-8-13(19)4-5-14(12)18/h2-6,8-9,22H,1,7,10H2,(H,21,23). The first kappa shape index (κ1) is 20.2. The average Bonchev–Trinajstić information content (AvgIpc) is 2.60. The van der Waals surface area contributed by atoms with E-state index in [1.165, 1.54) is 24.3 Å². The molecule has 0 aromatic heterocycles. The van der Waals surface area contributed by atoms with Crippen LogP contribution >= 0.6 is 15.9 Å². The molecule has 2 rings (SSSR count). The molecule has 9 heteroatoms. The highest BCUT2D eigenvalue weighted by Crippen LogP contribution is 2.19. The van der Waals surface area contributed by atoms with Gasteiger partial charge >= 0.3 is 0 Å². The fourth-order valence-electron chi connectivity index (χ4n) is 2.05. The van der Waals surface area contributed by atoms with E-state index in [-0.39, 0.29) is 18.7 Å². The van der Waals surface area contributed by atoms with Gasteiger partial charge in [0, 0.05) is 23.1 Å². The Kier molecular flexibility index (Phi) is 6.63. The maximum absolute atomic E-state index is 13.9. The van der Waals surface area contributed by atoms with Gasteiger partial charge in [-0.05, 0) is 42.0 Å². The molecule has 0 aliphatic carbocycles.